The van der Waals surface area contributed by atoms with Gasteiger partial charge in [-0.3, -0.25) is 0 Å². The van der Waals surface area contributed by atoms with Gasteiger partial charge in [-0.05, 0) is 31.2 Å². The molecule has 0 aliphatic rings. The van der Waals surface area contributed by atoms with Gasteiger partial charge in [-0.2, -0.15) is 0 Å². The Bertz CT molecular complexity index is 595. The zero-order chi connectivity index (χ0) is 14.7. The number of ether oxygens (including phenoxy) is 1. The van der Waals surface area contributed by atoms with Crippen LogP contribution in [-0.4, -0.2) is 5.11 Å². The lowest BCUT2D eigenvalue weighted by Crippen LogP contribution is -2.01. The van der Waals surface area contributed by atoms with Crippen LogP contribution in [0.15, 0.2) is 36.4 Å². The molecular weight excluding hydrogens is 286 g/mol. The molecule has 5 heteroatoms. The van der Waals surface area contributed by atoms with E-state index in [0.717, 1.165) is 6.07 Å². The maximum Gasteiger partial charge on any atom is 0.132 e. The van der Waals surface area contributed by atoms with E-state index in [2.05, 4.69) is 0 Å². The molecule has 2 aromatic rings. The van der Waals surface area contributed by atoms with Gasteiger partial charge in [0, 0.05) is 17.2 Å². The largest absolute Gasteiger partial charge is 0.489 e. The van der Waals surface area contributed by atoms with Crippen LogP contribution in [0.2, 0.25) is 5.02 Å². The molecule has 0 spiro atoms. The quantitative estimate of drug-likeness (QED) is 0.914. The maximum absolute atomic E-state index is 13.6. The van der Waals surface area contributed by atoms with E-state index in [1.165, 1.54) is 31.2 Å². The van der Waals surface area contributed by atoms with E-state index in [-0.39, 0.29) is 28.5 Å². The van der Waals surface area contributed by atoms with E-state index in [1.807, 2.05) is 0 Å². The van der Waals surface area contributed by atoms with Crippen molar-refractivity contribution in [2.75, 3.05) is 0 Å². The van der Waals surface area contributed by atoms with Crippen molar-refractivity contribution in [3.05, 3.63) is 64.2 Å². The Labute approximate surface area is 120 Å². The molecule has 0 aliphatic carbocycles. The standard InChI is InChI=1S/C15H13ClF2O2/c1-9(19)11-6-5-10(7-15(11)18)20-8-12-13(16)3-2-4-14(12)17/h2-7,9,19H,8H2,1H3. The van der Waals surface area contributed by atoms with E-state index in [9.17, 15) is 13.9 Å². The first-order valence-electron chi connectivity index (χ1n) is 6.02. The SMILES string of the molecule is CC(O)c1ccc(OCc2c(F)cccc2Cl)cc1F. The summed E-state index contributed by atoms with van der Waals surface area (Å²) in [5.74, 6) is -0.804. The molecule has 0 saturated heterocycles. The maximum atomic E-state index is 13.6. The fourth-order valence-corrected chi connectivity index (χ4v) is 1.98. The molecule has 106 valence electrons. The average molecular weight is 299 g/mol. The van der Waals surface area contributed by atoms with Gasteiger partial charge in [-0.15, -0.1) is 0 Å². The van der Waals surface area contributed by atoms with Crippen LogP contribution in [0, 0.1) is 11.6 Å². The molecule has 0 radical (unpaired) electrons. The van der Waals surface area contributed by atoms with Crippen molar-refractivity contribution < 1.29 is 18.6 Å². The summed E-state index contributed by atoms with van der Waals surface area (Å²) in [6.07, 6.45) is -0.898. The highest BCUT2D eigenvalue weighted by atomic mass is 35.5. The normalized spacial score (nSPS) is 12.2. The van der Waals surface area contributed by atoms with Crippen molar-refractivity contribution >= 4 is 11.6 Å². The number of aliphatic hydroxyl groups is 1. The Balaban J connectivity index is 2.14. The van der Waals surface area contributed by atoms with Gasteiger partial charge >= 0.3 is 0 Å². The van der Waals surface area contributed by atoms with Crippen LogP contribution >= 0.6 is 11.6 Å². The molecule has 2 aromatic carbocycles. The minimum atomic E-state index is -0.898. The summed E-state index contributed by atoms with van der Waals surface area (Å²) in [5, 5.41) is 9.58. The van der Waals surface area contributed by atoms with E-state index in [1.54, 1.807) is 6.07 Å². The van der Waals surface area contributed by atoms with Gasteiger partial charge in [0.05, 0.1) is 11.1 Å². The number of hydrogen-bond donors (Lipinski definition) is 1. The molecule has 0 aliphatic heterocycles. The number of halogens is 3. The number of rotatable bonds is 4. The molecule has 2 rings (SSSR count). The Kier molecular flexibility index (Phi) is 4.57. The van der Waals surface area contributed by atoms with Crippen LogP contribution < -0.4 is 4.74 Å². The molecule has 0 amide bonds. The predicted molar refractivity (Wildman–Crippen MR) is 72.8 cm³/mol. The molecule has 0 aromatic heterocycles. The topological polar surface area (TPSA) is 29.5 Å². The third-order valence-corrected chi connectivity index (χ3v) is 3.22. The second-order valence-electron chi connectivity index (χ2n) is 4.35. The first kappa shape index (κ1) is 14.8. The van der Waals surface area contributed by atoms with Crippen molar-refractivity contribution in [1.82, 2.24) is 0 Å². The highest BCUT2D eigenvalue weighted by Crippen LogP contribution is 2.24. The first-order chi connectivity index (χ1) is 9.49. The van der Waals surface area contributed by atoms with Gasteiger partial charge in [-0.25, -0.2) is 8.78 Å². The van der Waals surface area contributed by atoms with Crippen molar-refractivity contribution in [3.8, 4) is 5.75 Å². The van der Waals surface area contributed by atoms with Gasteiger partial charge in [-0.1, -0.05) is 17.7 Å². The highest BCUT2D eigenvalue weighted by Gasteiger charge is 2.11. The van der Waals surface area contributed by atoms with Crippen molar-refractivity contribution in [1.29, 1.82) is 0 Å². The molecule has 1 atom stereocenters. The zero-order valence-corrected chi connectivity index (χ0v) is 11.5. The average Bonchev–Trinajstić information content (AvgIpc) is 2.37. The van der Waals surface area contributed by atoms with Crippen molar-refractivity contribution in [2.45, 2.75) is 19.6 Å². The second kappa shape index (κ2) is 6.20. The summed E-state index contributed by atoms with van der Waals surface area (Å²) in [6.45, 7) is 1.37. The molecule has 1 unspecified atom stereocenters. The third-order valence-electron chi connectivity index (χ3n) is 2.87. The molecule has 0 saturated carbocycles. The summed E-state index contributed by atoms with van der Waals surface area (Å²) >= 11 is 5.87. The Morgan fingerprint density at radius 1 is 1.20 bits per heavy atom. The van der Waals surface area contributed by atoms with Crippen molar-refractivity contribution in [3.63, 3.8) is 0 Å². The third kappa shape index (κ3) is 3.26. The Hall–Kier alpha value is -1.65. The lowest BCUT2D eigenvalue weighted by atomic mass is 10.1. The van der Waals surface area contributed by atoms with Crippen LogP contribution in [0.4, 0.5) is 8.78 Å². The second-order valence-corrected chi connectivity index (χ2v) is 4.76. The highest BCUT2D eigenvalue weighted by molar-refractivity contribution is 6.31. The monoisotopic (exact) mass is 298 g/mol. The van der Waals surface area contributed by atoms with Gasteiger partial charge in [0.15, 0.2) is 0 Å². The first-order valence-corrected chi connectivity index (χ1v) is 6.40. The lowest BCUT2D eigenvalue weighted by molar-refractivity contribution is 0.194. The summed E-state index contributed by atoms with van der Waals surface area (Å²) in [5.41, 5.74) is 0.399. The van der Waals surface area contributed by atoms with E-state index in [4.69, 9.17) is 16.3 Å². The minimum Gasteiger partial charge on any atom is -0.489 e. The Morgan fingerprint density at radius 3 is 2.55 bits per heavy atom. The van der Waals surface area contributed by atoms with Gasteiger partial charge in [0.2, 0.25) is 0 Å². The van der Waals surface area contributed by atoms with E-state index >= 15 is 0 Å². The fourth-order valence-electron chi connectivity index (χ4n) is 1.76. The number of benzene rings is 2. The van der Waals surface area contributed by atoms with Crippen LogP contribution in [0.3, 0.4) is 0 Å². The van der Waals surface area contributed by atoms with Gasteiger partial charge < -0.3 is 9.84 Å². The molecule has 2 nitrogen and oxygen atoms in total. The number of aliphatic hydroxyl groups excluding tert-OH is 1. The summed E-state index contributed by atoms with van der Waals surface area (Å²) in [4.78, 5) is 0. The minimum absolute atomic E-state index is 0.0982. The summed E-state index contributed by atoms with van der Waals surface area (Å²) < 4.78 is 32.5. The van der Waals surface area contributed by atoms with Crippen LogP contribution in [0.25, 0.3) is 0 Å². The fraction of sp³-hybridized carbons (Fsp3) is 0.200. The van der Waals surface area contributed by atoms with Gasteiger partial charge in [0.1, 0.15) is 24.0 Å². The number of hydrogen-bond acceptors (Lipinski definition) is 2. The molecule has 0 bridgehead atoms. The zero-order valence-electron chi connectivity index (χ0n) is 10.7. The molecule has 1 N–H and O–H groups in total. The smallest absolute Gasteiger partial charge is 0.132 e. The molecule has 0 fully saturated rings. The van der Waals surface area contributed by atoms with Crippen LogP contribution in [0.5, 0.6) is 5.75 Å². The molecule has 0 heterocycles. The summed E-state index contributed by atoms with van der Waals surface area (Å²) in [6, 6.07) is 8.43. The van der Waals surface area contributed by atoms with Crippen molar-refractivity contribution in [2.24, 2.45) is 0 Å². The lowest BCUT2D eigenvalue weighted by Gasteiger charge is -2.11. The summed E-state index contributed by atoms with van der Waals surface area (Å²) in [7, 11) is 0. The predicted octanol–water partition coefficient (Wildman–Crippen LogP) is 4.25. The molecular formula is C15H13ClF2O2. The molecule has 20 heavy (non-hydrogen) atoms. The van der Waals surface area contributed by atoms with Crippen LogP contribution in [-0.2, 0) is 6.61 Å². The Morgan fingerprint density at radius 2 is 1.95 bits per heavy atom. The van der Waals surface area contributed by atoms with E-state index in [0.29, 0.717) is 0 Å². The van der Waals surface area contributed by atoms with Gasteiger partial charge in [0.25, 0.3) is 0 Å². The van der Waals surface area contributed by atoms with E-state index < -0.39 is 17.7 Å². The van der Waals surface area contributed by atoms with Crippen LogP contribution in [0.1, 0.15) is 24.2 Å².